The van der Waals surface area contributed by atoms with Gasteiger partial charge in [-0.2, -0.15) is 11.8 Å². The second-order valence-electron chi connectivity index (χ2n) is 4.09. The highest BCUT2D eigenvalue weighted by molar-refractivity contribution is 14.0. The Kier molecular flexibility index (Phi) is 19.9. The number of nitrogens with one attached hydrogen (secondary N) is 2. The molecule has 0 atom stereocenters. The van der Waals surface area contributed by atoms with E-state index in [-0.39, 0.29) is 24.0 Å². The molecule has 5 heteroatoms. The topological polar surface area (TPSA) is 36.4 Å². The van der Waals surface area contributed by atoms with Crippen LogP contribution < -0.4 is 10.6 Å². The van der Waals surface area contributed by atoms with Gasteiger partial charge in [0.1, 0.15) is 0 Å². The van der Waals surface area contributed by atoms with Crippen LogP contribution in [0, 0.1) is 0 Å². The molecule has 3 nitrogen and oxygen atoms in total. The second-order valence-corrected chi connectivity index (χ2v) is 5.08. The number of nitrogens with zero attached hydrogens (tertiary/aromatic N) is 1. The minimum Gasteiger partial charge on any atom is -0.357 e. The quantitative estimate of drug-likeness (QED) is 0.261. The third-order valence-electron chi connectivity index (χ3n) is 2.44. The van der Waals surface area contributed by atoms with Crippen molar-refractivity contribution < 1.29 is 0 Å². The molecule has 0 fully saturated rings. The molecule has 0 radical (unpaired) electrons. The van der Waals surface area contributed by atoms with Gasteiger partial charge in [0.25, 0.3) is 0 Å². The lowest BCUT2D eigenvalue weighted by Crippen LogP contribution is -2.37. The van der Waals surface area contributed by atoms with Gasteiger partial charge in [-0.15, -0.1) is 24.0 Å². The first kappa shape index (κ1) is 20.7. The Hall–Kier alpha value is 0.350. The summed E-state index contributed by atoms with van der Waals surface area (Å²) >= 11 is 1.88. The first-order valence-electron chi connectivity index (χ1n) is 6.86. The predicted molar refractivity (Wildman–Crippen MR) is 96.5 cm³/mol. The number of unbranched alkanes of at least 4 members (excludes halogenated alkanes) is 3. The SMILES string of the molecule is CCCCCCNC(=NCCCSC)NCC.I. The molecule has 0 heterocycles. The molecule has 0 aliphatic heterocycles. The molecule has 110 valence electrons. The van der Waals surface area contributed by atoms with E-state index in [1.54, 1.807) is 0 Å². The van der Waals surface area contributed by atoms with Crippen molar-refractivity contribution in [3.05, 3.63) is 0 Å². The van der Waals surface area contributed by atoms with Crippen molar-refractivity contribution in [2.75, 3.05) is 31.6 Å². The van der Waals surface area contributed by atoms with Crippen LogP contribution in [-0.4, -0.2) is 37.6 Å². The van der Waals surface area contributed by atoms with Crippen molar-refractivity contribution in [2.45, 2.75) is 46.0 Å². The summed E-state index contributed by atoms with van der Waals surface area (Å²) in [5.41, 5.74) is 0. The van der Waals surface area contributed by atoms with Crippen molar-refractivity contribution in [3.63, 3.8) is 0 Å². The first-order valence-corrected chi connectivity index (χ1v) is 8.25. The van der Waals surface area contributed by atoms with Gasteiger partial charge in [0.05, 0.1) is 0 Å². The number of thioether (sulfide) groups is 1. The van der Waals surface area contributed by atoms with E-state index in [2.05, 4.69) is 35.7 Å². The summed E-state index contributed by atoms with van der Waals surface area (Å²) in [6, 6.07) is 0. The fourth-order valence-electron chi connectivity index (χ4n) is 1.50. The summed E-state index contributed by atoms with van der Waals surface area (Å²) in [7, 11) is 0. The number of hydrogen-bond acceptors (Lipinski definition) is 2. The average molecular weight is 387 g/mol. The normalized spacial score (nSPS) is 10.9. The van der Waals surface area contributed by atoms with E-state index in [1.807, 2.05) is 11.8 Å². The number of aliphatic imine (C=N–C) groups is 1. The fourth-order valence-corrected chi connectivity index (χ4v) is 1.92. The predicted octanol–water partition coefficient (Wildman–Crippen LogP) is 3.49. The van der Waals surface area contributed by atoms with Crippen LogP contribution in [0.15, 0.2) is 4.99 Å². The van der Waals surface area contributed by atoms with E-state index >= 15 is 0 Å². The van der Waals surface area contributed by atoms with Crippen molar-refractivity contribution in [1.82, 2.24) is 10.6 Å². The van der Waals surface area contributed by atoms with Crippen LogP contribution in [0.5, 0.6) is 0 Å². The van der Waals surface area contributed by atoms with Crippen molar-refractivity contribution in [2.24, 2.45) is 4.99 Å². The Morgan fingerprint density at radius 1 is 1.06 bits per heavy atom. The molecule has 0 aliphatic carbocycles. The van der Waals surface area contributed by atoms with Gasteiger partial charge in [0.15, 0.2) is 5.96 Å². The molecule has 0 aromatic heterocycles. The van der Waals surface area contributed by atoms with Gasteiger partial charge >= 0.3 is 0 Å². The molecule has 18 heavy (non-hydrogen) atoms. The number of guanidine groups is 1. The van der Waals surface area contributed by atoms with Gasteiger partial charge in [-0.25, -0.2) is 0 Å². The maximum atomic E-state index is 4.55. The maximum Gasteiger partial charge on any atom is 0.191 e. The van der Waals surface area contributed by atoms with Gasteiger partial charge in [-0.1, -0.05) is 26.2 Å². The van der Waals surface area contributed by atoms with Crippen molar-refractivity contribution >= 4 is 41.7 Å². The molecular weight excluding hydrogens is 357 g/mol. The van der Waals surface area contributed by atoms with Gasteiger partial charge in [-0.3, -0.25) is 4.99 Å². The standard InChI is InChI=1S/C13H29N3S.HI/c1-4-6-7-8-10-15-13(14-5-2)16-11-9-12-17-3;/h4-12H2,1-3H3,(H2,14,15,16);1H. The fraction of sp³-hybridized carbons (Fsp3) is 0.923. The largest absolute Gasteiger partial charge is 0.357 e. The molecule has 0 saturated carbocycles. The van der Waals surface area contributed by atoms with E-state index in [9.17, 15) is 0 Å². The van der Waals surface area contributed by atoms with Crippen LogP contribution in [-0.2, 0) is 0 Å². The summed E-state index contributed by atoms with van der Waals surface area (Å²) in [5, 5.41) is 6.67. The zero-order valence-electron chi connectivity index (χ0n) is 12.1. The zero-order valence-corrected chi connectivity index (χ0v) is 15.3. The number of rotatable bonds is 10. The molecule has 0 spiro atoms. The molecule has 0 amide bonds. The minimum absolute atomic E-state index is 0. The molecule has 0 rings (SSSR count). The second kappa shape index (κ2) is 17.4. The lowest BCUT2D eigenvalue weighted by atomic mass is 10.2. The monoisotopic (exact) mass is 387 g/mol. The Balaban J connectivity index is 0. The molecule has 2 N–H and O–H groups in total. The van der Waals surface area contributed by atoms with E-state index < -0.39 is 0 Å². The highest BCUT2D eigenvalue weighted by atomic mass is 127. The van der Waals surface area contributed by atoms with Crippen LogP contribution in [0.2, 0.25) is 0 Å². The van der Waals surface area contributed by atoms with Crippen LogP contribution in [0.1, 0.15) is 46.0 Å². The summed E-state index contributed by atoms with van der Waals surface area (Å²) < 4.78 is 0. The van der Waals surface area contributed by atoms with Gasteiger partial charge in [0, 0.05) is 19.6 Å². The van der Waals surface area contributed by atoms with Crippen LogP contribution >= 0.6 is 35.7 Å². The molecular formula is C13H30IN3S. The Bertz CT molecular complexity index is 189. The van der Waals surface area contributed by atoms with E-state index in [0.717, 1.165) is 32.0 Å². The van der Waals surface area contributed by atoms with Gasteiger partial charge in [-0.05, 0) is 31.8 Å². The molecule has 0 aromatic carbocycles. The van der Waals surface area contributed by atoms with Crippen molar-refractivity contribution in [3.8, 4) is 0 Å². The van der Waals surface area contributed by atoms with Gasteiger partial charge in [0.2, 0.25) is 0 Å². The summed E-state index contributed by atoms with van der Waals surface area (Å²) in [5.74, 6) is 2.17. The Morgan fingerprint density at radius 3 is 2.44 bits per heavy atom. The number of hydrogen-bond donors (Lipinski definition) is 2. The highest BCUT2D eigenvalue weighted by Gasteiger charge is 1.95. The van der Waals surface area contributed by atoms with E-state index in [0.29, 0.717) is 0 Å². The molecule has 0 saturated heterocycles. The van der Waals surface area contributed by atoms with E-state index in [4.69, 9.17) is 0 Å². The van der Waals surface area contributed by atoms with Crippen LogP contribution in [0.25, 0.3) is 0 Å². The van der Waals surface area contributed by atoms with Crippen LogP contribution in [0.3, 0.4) is 0 Å². The lowest BCUT2D eigenvalue weighted by molar-refractivity contribution is 0.647. The Labute approximate surface area is 134 Å². The van der Waals surface area contributed by atoms with Crippen molar-refractivity contribution in [1.29, 1.82) is 0 Å². The van der Waals surface area contributed by atoms with Crippen LogP contribution in [0.4, 0.5) is 0 Å². The zero-order chi connectivity index (χ0) is 12.8. The first-order chi connectivity index (χ1) is 8.35. The molecule has 0 unspecified atom stereocenters. The maximum absolute atomic E-state index is 4.55. The lowest BCUT2D eigenvalue weighted by Gasteiger charge is -2.10. The van der Waals surface area contributed by atoms with E-state index in [1.165, 1.54) is 31.4 Å². The molecule has 0 aliphatic rings. The minimum atomic E-state index is 0. The summed E-state index contributed by atoms with van der Waals surface area (Å²) in [6.07, 6.45) is 8.48. The number of halogens is 1. The Morgan fingerprint density at radius 2 is 1.83 bits per heavy atom. The smallest absolute Gasteiger partial charge is 0.191 e. The highest BCUT2D eigenvalue weighted by Crippen LogP contribution is 1.97. The third kappa shape index (κ3) is 14.4. The third-order valence-corrected chi connectivity index (χ3v) is 3.14. The van der Waals surface area contributed by atoms with Gasteiger partial charge < -0.3 is 10.6 Å². The average Bonchev–Trinajstić information content (AvgIpc) is 2.34. The summed E-state index contributed by atoms with van der Waals surface area (Å²) in [4.78, 5) is 4.55. The molecule has 0 bridgehead atoms. The summed E-state index contributed by atoms with van der Waals surface area (Å²) in [6.45, 7) is 7.24. The molecule has 0 aromatic rings.